The van der Waals surface area contributed by atoms with E-state index in [9.17, 15) is 13.2 Å². The number of hydrogen-bond acceptors (Lipinski definition) is 5. The van der Waals surface area contributed by atoms with Gasteiger partial charge in [-0.15, -0.1) is 0 Å². The standard InChI is InChI=1S/C11H8ClF3IN5/c12-5-1-2-7(6(16)3-5)18-9-4-8(11(13,14)15)19-10(20-9)21-17/h1-4H,17H2,(H2,18,19,20,21). The van der Waals surface area contributed by atoms with Gasteiger partial charge < -0.3 is 5.32 Å². The van der Waals surface area contributed by atoms with Crippen molar-refractivity contribution in [2.75, 3.05) is 10.7 Å². The van der Waals surface area contributed by atoms with Crippen LogP contribution in [0.25, 0.3) is 0 Å². The van der Waals surface area contributed by atoms with Crippen LogP contribution in [0.5, 0.6) is 0 Å². The number of nitrogen functional groups attached to an aromatic ring is 1. The van der Waals surface area contributed by atoms with E-state index >= 15 is 0 Å². The molecule has 0 aliphatic heterocycles. The maximum Gasteiger partial charge on any atom is 0.433 e. The largest absolute Gasteiger partial charge is 0.433 e. The first kappa shape index (κ1) is 16.0. The van der Waals surface area contributed by atoms with Crippen LogP contribution in [-0.4, -0.2) is 9.97 Å². The summed E-state index contributed by atoms with van der Waals surface area (Å²) in [4.78, 5) is 7.10. The summed E-state index contributed by atoms with van der Waals surface area (Å²) < 4.78 is 39.0. The summed E-state index contributed by atoms with van der Waals surface area (Å²) in [5.74, 6) is 4.71. The number of nitrogens with one attached hydrogen (secondary N) is 2. The first-order valence-corrected chi connectivity index (χ1v) is 6.90. The number of nitrogens with two attached hydrogens (primary N) is 1. The molecule has 0 spiro atoms. The maximum absolute atomic E-state index is 12.7. The quantitative estimate of drug-likeness (QED) is 0.393. The van der Waals surface area contributed by atoms with E-state index in [1.165, 1.54) is 0 Å². The molecule has 2 rings (SSSR count). The molecule has 0 saturated heterocycles. The second-order valence-corrected chi connectivity index (χ2v) is 5.45. The molecule has 4 N–H and O–H groups in total. The van der Waals surface area contributed by atoms with Crippen LogP contribution in [0.3, 0.4) is 0 Å². The van der Waals surface area contributed by atoms with Crippen LogP contribution in [0.15, 0.2) is 24.3 Å². The van der Waals surface area contributed by atoms with Crippen LogP contribution in [-0.2, 0) is 6.18 Å². The zero-order chi connectivity index (χ0) is 15.6. The molecule has 1 aromatic heterocycles. The SMILES string of the molecule is NNc1nc(Nc2ccc(Cl)cc2I)cc(C(F)(F)F)n1. The molecule has 0 radical (unpaired) electrons. The van der Waals surface area contributed by atoms with E-state index in [1.807, 2.05) is 28.0 Å². The van der Waals surface area contributed by atoms with Gasteiger partial charge in [-0.25, -0.2) is 10.8 Å². The van der Waals surface area contributed by atoms with Crippen molar-refractivity contribution in [3.8, 4) is 0 Å². The summed E-state index contributed by atoms with van der Waals surface area (Å²) in [7, 11) is 0. The van der Waals surface area contributed by atoms with Crippen LogP contribution < -0.4 is 16.6 Å². The second kappa shape index (κ2) is 6.20. The molecule has 1 heterocycles. The van der Waals surface area contributed by atoms with Crippen molar-refractivity contribution in [2.24, 2.45) is 5.84 Å². The van der Waals surface area contributed by atoms with Crippen molar-refractivity contribution in [1.82, 2.24) is 9.97 Å². The Balaban J connectivity index is 2.39. The highest BCUT2D eigenvalue weighted by molar-refractivity contribution is 14.1. The van der Waals surface area contributed by atoms with E-state index in [4.69, 9.17) is 17.4 Å². The van der Waals surface area contributed by atoms with E-state index < -0.39 is 11.9 Å². The molecule has 2 aromatic rings. The summed E-state index contributed by atoms with van der Waals surface area (Å²) in [5.41, 5.74) is 1.47. The van der Waals surface area contributed by atoms with Gasteiger partial charge in [-0.1, -0.05) is 11.6 Å². The summed E-state index contributed by atoms with van der Waals surface area (Å²) in [5, 5.41) is 3.30. The monoisotopic (exact) mass is 429 g/mol. The van der Waals surface area contributed by atoms with Crippen LogP contribution in [0.2, 0.25) is 5.02 Å². The van der Waals surface area contributed by atoms with Gasteiger partial charge in [-0.05, 0) is 40.8 Å². The minimum atomic E-state index is -4.60. The van der Waals surface area contributed by atoms with Gasteiger partial charge in [0.2, 0.25) is 5.95 Å². The Bertz CT molecular complexity index is 665. The highest BCUT2D eigenvalue weighted by Crippen LogP contribution is 2.31. The third-order valence-corrected chi connectivity index (χ3v) is 3.47. The molecule has 0 fully saturated rings. The minimum absolute atomic E-state index is 0.0366. The molecule has 10 heteroatoms. The predicted molar refractivity (Wildman–Crippen MR) is 82.3 cm³/mol. The molecule has 0 saturated carbocycles. The second-order valence-electron chi connectivity index (χ2n) is 3.85. The van der Waals surface area contributed by atoms with Crippen LogP contribution in [0.1, 0.15) is 5.69 Å². The number of anilines is 3. The fraction of sp³-hybridized carbons (Fsp3) is 0.0909. The number of aromatic nitrogens is 2. The molecule has 0 bridgehead atoms. The van der Waals surface area contributed by atoms with Crippen LogP contribution in [0, 0.1) is 3.57 Å². The van der Waals surface area contributed by atoms with Crippen molar-refractivity contribution in [1.29, 1.82) is 0 Å². The highest BCUT2D eigenvalue weighted by Gasteiger charge is 2.33. The molecule has 0 unspecified atom stereocenters. The lowest BCUT2D eigenvalue weighted by Crippen LogP contribution is -2.16. The fourth-order valence-electron chi connectivity index (χ4n) is 1.45. The van der Waals surface area contributed by atoms with Gasteiger partial charge in [0.15, 0.2) is 5.69 Å². The number of alkyl halides is 3. The van der Waals surface area contributed by atoms with Crippen molar-refractivity contribution in [2.45, 2.75) is 6.18 Å². The van der Waals surface area contributed by atoms with Gasteiger partial charge >= 0.3 is 6.18 Å². The van der Waals surface area contributed by atoms with Crippen molar-refractivity contribution in [3.63, 3.8) is 0 Å². The molecule has 0 aliphatic carbocycles. The highest BCUT2D eigenvalue weighted by atomic mass is 127. The summed E-state index contributed by atoms with van der Waals surface area (Å²) in [6.07, 6.45) is -4.60. The van der Waals surface area contributed by atoms with Crippen LogP contribution in [0.4, 0.5) is 30.6 Å². The zero-order valence-corrected chi connectivity index (χ0v) is 13.1. The Hall–Kier alpha value is -1.33. The molecule has 1 aromatic carbocycles. The molecule has 112 valence electrons. The summed E-state index contributed by atoms with van der Waals surface area (Å²) in [6.45, 7) is 0. The van der Waals surface area contributed by atoms with Crippen molar-refractivity contribution >= 4 is 51.6 Å². The van der Waals surface area contributed by atoms with Gasteiger partial charge in [-0.2, -0.15) is 18.2 Å². The van der Waals surface area contributed by atoms with Gasteiger partial charge in [-0.3, -0.25) is 5.43 Å². The van der Waals surface area contributed by atoms with E-state index in [1.54, 1.807) is 18.2 Å². The van der Waals surface area contributed by atoms with E-state index in [-0.39, 0.29) is 11.8 Å². The Labute approximate surface area is 136 Å². The minimum Gasteiger partial charge on any atom is -0.339 e. The predicted octanol–water partition coefficient (Wildman–Crippen LogP) is 3.78. The Kier molecular flexibility index (Phi) is 4.74. The Morgan fingerprint density at radius 1 is 1.19 bits per heavy atom. The molecule has 0 atom stereocenters. The number of halogens is 5. The van der Waals surface area contributed by atoms with Crippen LogP contribution >= 0.6 is 34.2 Å². The first-order valence-electron chi connectivity index (χ1n) is 5.44. The maximum atomic E-state index is 12.7. The summed E-state index contributed by atoms with van der Waals surface area (Å²) in [6, 6.07) is 5.71. The zero-order valence-electron chi connectivity index (χ0n) is 10.2. The average molecular weight is 430 g/mol. The lowest BCUT2D eigenvalue weighted by Gasteiger charge is -2.12. The van der Waals surface area contributed by atoms with Gasteiger partial charge in [0, 0.05) is 14.7 Å². The van der Waals surface area contributed by atoms with Crippen molar-refractivity contribution < 1.29 is 13.2 Å². The Morgan fingerprint density at radius 3 is 2.48 bits per heavy atom. The molecular weight excluding hydrogens is 422 g/mol. The molecule has 5 nitrogen and oxygen atoms in total. The molecule has 21 heavy (non-hydrogen) atoms. The molecular formula is C11H8ClF3IN5. The van der Waals surface area contributed by atoms with Gasteiger partial charge in [0.1, 0.15) is 5.82 Å². The number of nitrogens with zero attached hydrogens (tertiary/aromatic N) is 2. The van der Waals surface area contributed by atoms with E-state index in [0.29, 0.717) is 10.7 Å². The first-order chi connectivity index (χ1) is 9.79. The average Bonchev–Trinajstić information content (AvgIpc) is 2.40. The molecule has 0 amide bonds. The third kappa shape index (κ3) is 4.08. The number of hydrazine groups is 1. The topological polar surface area (TPSA) is 75.9 Å². The fourth-order valence-corrected chi connectivity index (χ4v) is 2.46. The normalized spacial score (nSPS) is 11.3. The van der Waals surface area contributed by atoms with Gasteiger partial charge in [0.25, 0.3) is 0 Å². The molecule has 0 aliphatic rings. The lowest BCUT2D eigenvalue weighted by atomic mass is 10.3. The smallest absolute Gasteiger partial charge is 0.339 e. The van der Waals surface area contributed by atoms with Gasteiger partial charge in [0.05, 0.1) is 5.69 Å². The van der Waals surface area contributed by atoms with E-state index in [2.05, 4.69) is 15.3 Å². The number of benzene rings is 1. The Morgan fingerprint density at radius 2 is 1.90 bits per heavy atom. The number of hydrogen-bond donors (Lipinski definition) is 3. The lowest BCUT2D eigenvalue weighted by molar-refractivity contribution is -0.141. The van der Waals surface area contributed by atoms with E-state index in [0.717, 1.165) is 9.64 Å². The van der Waals surface area contributed by atoms with Crippen molar-refractivity contribution in [3.05, 3.63) is 38.6 Å². The third-order valence-electron chi connectivity index (χ3n) is 2.34. The number of rotatable bonds is 3. The summed E-state index contributed by atoms with van der Waals surface area (Å²) >= 11 is 7.82.